The van der Waals surface area contributed by atoms with E-state index in [9.17, 15) is 0 Å². The highest BCUT2D eigenvalue weighted by Gasteiger charge is 2.10. The van der Waals surface area contributed by atoms with E-state index in [1.807, 2.05) is 0 Å². The van der Waals surface area contributed by atoms with Gasteiger partial charge in [0.25, 0.3) is 0 Å². The van der Waals surface area contributed by atoms with Crippen LogP contribution in [0.1, 0.15) is 5.56 Å². The molecule has 0 unspecified atom stereocenters. The number of nitrogens with one attached hydrogen (secondary N) is 1. The number of aromatic nitrogens is 3. The van der Waals surface area contributed by atoms with Crippen molar-refractivity contribution in [2.75, 3.05) is 0 Å². The number of hydrogen-bond donors (Lipinski definition) is 1. The fourth-order valence-electron chi connectivity index (χ4n) is 1.69. The molecule has 21 heavy (non-hydrogen) atoms. The van der Waals surface area contributed by atoms with E-state index in [1.54, 1.807) is 42.8 Å². The van der Waals surface area contributed by atoms with Crippen molar-refractivity contribution in [1.29, 1.82) is 0 Å². The van der Waals surface area contributed by atoms with Crippen molar-refractivity contribution < 1.29 is 4.42 Å². The van der Waals surface area contributed by atoms with Crippen LogP contribution in [0.4, 0.5) is 0 Å². The summed E-state index contributed by atoms with van der Waals surface area (Å²) in [7, 11) is 0. The zero-order valence-electron chi connectivity index (χ0n) is 10.5. The molecule has 3 rings (SSSR count). The number of aromatic amines is 1. The Kier molecular flexibility index (Phi) is 3.92. The van der Waals surface area contributed by atoms with Crippen LogP contribution in [0, 0.1) is 4.77 Å². The number of hydrogen-bond acceptors (Lipinski definition) is 4. The molecule has 1 aromatic carbocycles. The third-order valence-electron chi connectivity index (χ3n) is 2.67. The van der Waals surface area contributed by atoms with Crippen molar-refractivity contribution in [3.63, 3.8) is 0 Å². The molecule has 5 nitrogen and oxygen atoms in total. The minimum absolute atomic E-state index is 0.350. The summed E-state index contributed by atoms with van der Waals surface area (Å²) in [5, 5.41) is 12.1. The molecule has 0 aliphatic carbocycles. The molecule has 0 aliphatic rings. The van der Waals surface area contributed by atoms with Crippen molar-refractivity contribution >= 4 is 41.6 Å². The SMILES string of the molecule is S=c1[nH]nc(-c2ccco2)n1/N=C/c1ccc(Cl)cc1Cl. The summed E-state index contributed by atoms with van der Waals surface area (Å²) < 4.78 is 7.11. The van der Waals surface area contributed by atoms with E-state index in [1.165, 1.54) is 4.68 Å². The lowest BCUT2D eigenvalue weighted by Crippen LogP contribution is -1.94. The molecular weight excluding hydrogens is 331 g/mol. The monoisotopic (exact) mass is 338 g/mol. The number of rotatable bonds is 3. The van der Waals surface area contributed by atoms with Crippen LogP contribution in [0.2, 0.25) is 10.0 Å². The topological polar surface area (TPSA) is 59.1 Å². The Hall–Kier alpha value is -1.89. The van der Waals surface area contributed by atoms with E-state index in [0.29, 0.717) is 26.4 Å². The number of nitrogens with zero attached hydrogens (tertiary/aromatic N) is 3. The largest absolute Gasteiger partial charge is 0.461 e. The number of furan rings is 1. The van der Waals surface area contributed by atoms with Crippen LogP contribution in [0.5, 0.6) is 0 Å². The molecule has 2 heterocycles. The Labute approximate surface area is 134 Å². The van der Waals surface area contributed by atoms with E-state index in [2.05, 4.69) is 15.3 Å². The Bertz CT molecular complexity index is 851. The third-order valence-corrected chi connectivity index (χ3v) is 3.49. The normalized spacial score (nSPS) is 11.3. The summed E-state index contributed by atoms with van der Waals surface area (Å²) in [6.45, 7) is 0. The zero-order chi connectivity index (χ0) is 14.8. The summed E-state index contributed by atoms with van der Waals surface area (Å²) in [5.74, 6) is 1.04. The van der Waals surface area contributed by atoms with Crippen LogP contribution in [-0.4, -0.2) is 21.1 Å². The molecule has 0 aliphatic heterocycles. The minimum atomic E-state index is 0.350. The van der Waals surface area contributed by atoms with Gasteiger partial charge >= 0.3 is 0 Å². The minimum Gasteiger partial charge on any atom is -0.461 e. The van der Waals surface area contributed by atoms with Gasteiger partial charge in [-0.15, -0.1) is 5.10 Å². The second kappa shape index (κ2) is 5.85. The van der Waals surface area contributed by atoms with E-state index in [4.69, 9.17) is 39.8 Å². The number of H-pyrrole nitrogens is 1. The van der Waals surface area contributed by atoms with Crippen molar-refractivity contribution in [2.45, 2.75) is 0 Å². The van der Waals surface area contributed by atoms with Crippen LogP contribution in [0.25, 0.3) is 11.6 Å². The molecule has 0 saturated heterocycles. The standard InChI is InChI=1S/C13H8Cl2N4OS/c14-9-4-3-8(10(15)6-9)7-16-19-12(17-18-13(19)21)11-2-1-5-20-11/h1-7H,(H,18,21)/b16-7+. The first-order chi connectivity index (χ1) is 10.1. The van der Waals surface area contributed by atoms with Crippen LogP contribution in [0.15, 0.2) is 46.1 Å². The van der Waals surface area contributed by atoms with Gasteiger partial charge in [0.15, 0.2) is 5.76 Å². The summed E-state index contributed by atoms with van der Waals surface area (Å²) in [6.07, 6.45) is 3.13. The van der Waals surface area contributed by atoms with Gasteiger partial charge in [-0.05, 0) is 36.5 Å². The molecule has 0 atom stereocenters. The van der Waals surface area contributed by atoms with Gasteiger partial charge < -0.3 is 4.42 Å². The molecule has 0 bridgehead atoms. The van der Waals surface area contributed by atoms with Crippen molar-refractivity contribution in [3.05, 3.63) is 57.0 Å². The maximum Gasteiger partial charge on any atom is 0.219 e. The van der Waals surface area contributed by atoms with Crippen LogP contribution < -0.4 is 0 Å². The molecule has 1 N–H and O–H groups in total. The van der Waals surface area contributed by atoms with Gasteiger partial charge in [0.2, 0.25) is 10.6 Å². The third kappa shape index (κ3) is 2.92. The van der Waals surface area contributed by atoms with Gasteiger partial charge in [0, 0.05) is 10.6 Å². The van der Waals surface area contributed by atoms with Crippen LogP contribution in [0.3, 0.4) is 0 Å². The Morgan fingerprint density at radius 2 is 2.19 bits per heavy atom. The Morgan fingerprint density at radius 1 is 1.33 bits per heavy atom. The van der Waals surface area contributed by atoms with Gasteiger partial charge in [-0.2, -0.15) is 9.78 Å². The van der Waals surface area contributed by atoms with E-state index in [0.717, 1.165) is 5.56 Å². The summed E-state index contributed by atoms with van der Waals surface area (Å²) in [5.41, 5.74) is 0.717. The fraction of sp³-hybridized carbons (Fsp3) is 0. The zero-order valence-corrected chi connectivity index (χ0v) is 12.8. The molecule has 106 valence electrons. The second-order valence-corrected chi connectivity index (χ2v) is 5.28. The molecule has 8 heteroatoms. The van der Waals surface area contributed by atoms with Crippen LogP contribution in [-0.2, 0) is 0 Å². The molecule has 0 amide bonds. The van der Waals surface area contributed by atoms with Crippen molar-refractivity contribution in [3.8, 4) is 11.6 Å². The van der Waals surface area contributed by atoms with Gasteiger partial charge in [-0.25, -0.2) is 5.10 Å². The average Bonchev–Trinajstić information content (AvgIpc) is 3.08. The lowest BCUT2D eigenvalue weighted by molar-refractivity contribution is 0.573. The predicted molar refractivity (Wildman–Crippen MR) is 84.6 cm³/mol. The smallest absolute Gasteiger partial charge is 0.219 e. The summed E-state index contributed by atoms with van der Waals surface area (Å²) >= 11 is 17.1. The Morgan fingerprint density at radius 3 is 2.90 bits per heavy atom. The number of halogens is 2. The van der Waals surface area contributed by atoms with Crippen LogP contribution >= 0.6 is 35.4 Å². The quantitative estimate of drug-likeness (QED) is 0.569. The highest BCUT2D eigenvalue weighted by atomic mass is 35.5. The first-order valence-electron chi connectivity index (χ1n) is 5.86. The number of benzene rings is 1. The fourth-order valence-corrected chi connectivity index (χ4v) is 2.33. The molecule has 0 fully saturated rings. The average molecular weight is 339 g/mol. The van der Waals surface area contributed by atoms with Gasteiger partial charge in [0.05, 0.1) is 17.5 Å². The predicted octanol–water partition coefficient (Wildman–Crippen LogP) is 4.39. The van der Waals surface area contributed by atoms with Crippen molar-refractivity contribution in [1.82, 2.24) is 14.9 Å². The molecule has 2 aromatic heterocycles. The van der Waals surface area contributed by atoms with Gasteiger partial charge in [-0.3, -0.25) is 0 Å². The van der Waals surface area contributed by atoms with Gasteiger partial charge in [0.1, 0.15) is 0 Å². The van der Waals surface area contributed by atoms with E-state index >= 15 is 0 Å². The molecule has 0 radical (unpaired) electrons. The van der Waals surface area contributed by atoms with E-state index < -0.39 is 0 Å². The lowest BCUT2D eigenvalue weighted by atomic mass is 10.2. The summed E-state index contributed by atoms with van der Waals surface area (Å²) in [4.78, 5) is 0. The molecule has 0 spiro atoms. The second-order valence-electron chi connectivity index (χ2n) is 4.05. The van der Waals surface area contributed by atoms with Gasteiger partial charge in [-0.1, -0.05) is 29.3 Å². The van der Waals surface area contributed by atoms with Crippen molar-refractivity contribution in [2.24, 2.45) is 5.10 Å². The highest BCUT2D eigenvalue weighted by molar-refractivity contribution is 7.71. The lowest BCUT2D eigenvalue weighted by Gasteiger charge is -2.00. The molecule has 0 saturated carbocycles. The molecular formula is C13H8Cl2N4OS. The maximum absolute atomic E-state index is 6.10. The first-order valence-corrected chi connectivity index (χ1v) is 7.02. The Balaban J connectivity index is 2.00. The first kappa shape index (κ1) is 14.1. The maximum atomic E-state index is 6.10. The highest BCUT2D eigenvalue weighted by Crippen LogP contribution is 2.20. The summed E-state index contributed by atoms with van der Waals surface area (Å²) in [6, 6.07) is 8.68. The van der Waals surface area contributed by atoms with E-state index in [-0.39, 0.29) is 0 Å². The molecule has 3 aromatic rings.